The summed E-state index contributed by atoms with van der Waals surface area (Å²) in [5, 5.41) is 3.10. The minimum absolute atomic E-state index is 0.220. The Balaban J connectivity index is 1.34. The molecule has 1 fully saturated rings. The van der Waals surface area contributed by atoms with Crippen LogP contribution in [0, 0.1) is 0 Å². The molecule has 0 radical (unpaired) electrons. The third-order valence-corrected chi connectivity index (χ3v) is 5.44. The molecule has 0 saturated carbocycles. The Bertz CT molecular complexity index is 680. The number of fused-ring (bicyclic) bond motifs is 1. The molecule has 5 nitrogen and oxygen atoms in total. The number of nitrogens with zero attached hydrogens (tertiary/aromatic N) is 4. The number of para-hydroxylation sites is 1. The maximum atomic E-state index is 12.6. The molecule has 120 valence electrons. The van der Waals surface area contributed by atoms with Crippen molar-refractivity contribution in [2.24, 2.45) is 0 Å². The molecule has 2 aliphatic heterocycles. The lowest BCUT2D eigenvalue weighted by atomic mass is 10.2. The Morgan fingerprint density at radius 3 is 2.74 bits per heavy atom. The first-order chi connectivity index (χ1) is 11.3. The number of thiazole rings is 1. The first-order valence-electron chi connectivity index (χ1n) is 8.06. The molecule has 2 aliphatic rings. The van der Waals surface area contributed by atoms with Crippen molar-refractivity contribution in [2.75, 3.05) is 49.1 Å². The molecule has 0 bridgehead atoms. The van der Waals surface area contributed by atoms with Crippen LogP contribution < -0.4 is 9.80 Å². The zero-order valence-corrected chi connectivity index (χ0v) is 13.8. The van der Waals surface area contributed by atoms with Crippen LogP contribution in [0.4, 0.5) is 10.8 Å². The van der Waals surface area contributed by atoms with E-state index in [0.717, 1.165) is 50.0 Å². The highest BCUT2D eigenvalue weighted by atomic mass is 32.1. The van der Waals surface area contributed by atoms with Crippen LogP contribution in [0.3, 0.4) is 0 Å². The van der Waals surface area contributed by atoms with Crippen LogP contribution in [0.25, 0.3) is 0 Å². The van der Waals surface area contributed by atoms with Crippen molar-refractivity contribution in [2.45, 2.75) is 6.42 Å². The second-order valence-corrected chi connectivity index (χ2v) is 6.87. The van der Waals surface area contributed by atoms with E-state index in [1.54, 1.807) is 11.3 Å². The van der Waals surface area contributed by atoms with E-state index in [0.29, 0.717) is 6.54 Å². The van der Waals surface area contributed by atoms with Crippen molar-refractivity contribution in [1.29, 1.82) is 0 Å². The van der Waals surface area contributed by atoms with Crippen molar-refractivity contribution >= 4 is 28.1 Å². The summed E-state index contributed by atoms with van der Waals surface area (Å²) in [5.74, 6) is 0.220. The monoisotopic (exact) mass is 328 g/mol. The highest BCUT2D eigenvalue weighted by molar-refractivity contribution is 7.13. The van der Waals surface area contributed by atoms with Gasteiger partial charge in [-0.15, -0.1) is 11.3 Å². The van der Waals surface area contributed by atoms with E-state index >= 15 is 0 Å². The minimum atomic E-state index is 0.220. The maximum Gasteiger partial charge on any atom is 0.241 e. The van der Waals surface area contributed by atoms with Gasteiger partial charge in [0, 0.05) is 50.0 Å². The molecule has 2 aromatic rings. The van der Waals surface area contributed by atoms with Gasteiger partial charge >= 0.3 is 0 Å². The molecule has 0 atom stereocenters. The van der Waals surface area contributed by atoms with Gasteiger partial charge in [-0.1, -0.05) is 18.2 Å². The Morgan fingerprint density at radius 2 is 1.96 bits per heavy atom. The fourth-order valence-corrected chi connectivity index (χ4v) is 4.04. The van der Waals surface area contributed by atoms with Crippen LogP contribution in [-0.4, -0.2) is 55.1 Å². The van der Waals surface area contributed by atoms with Crippen molar-refractivity contribution in [3.8, 4) is 0 Å². The van der Waals surface area contributed by atoms with Crippen LogP contribution in [-0.2, 0) is 11.2 Å². The zero-order chi connectivity index (χ0) is 15.6. The van der Waals surface area contributed by atoms with Crippen molar-refractivity contribution < 1.29 is 4.79 Å². The third-order valence-electron chi connectivity index (χ3n) is 4.61. The molecule has 3 heterocycles. The number of anilines is 2. The van der Waals surface area contributed by atoms with E-state index in [2.05, 4.69) is 26.9 Å². The second-order valence-electron chi connectivity index (χ2n) is 6.00. The number of amides is 1. The summed E-state index contributed by atoms with van der Waals surface area (Å²) in [4.78, 5) is 23.5. The summed E-state index contributed by atoms with van der Waals surface area (Å²) in [6.45, 7) is 5.05. The first-order valence-corrected chi connectivity index (χ1v) is 8.94. The lowest BCUT2D eigenvalue weighted by molar-refractivity contribution is -0.119. The van der Waals surface area contributed by atoms with Gasteiger partial charge in [-0.05, 0) is 18.1 Å². The first kappa shape index (κ1) is 14.7. The van der Waals surface area contributed by atoms with Crippen molar-refractivity contribution in [1.82, 2.24) is 9.88 Å². The highest BCUT2D eigenvalue weighted by Crippen LogP contribution is 2.27. The van der Waals surface area contributed by atoms with Crippen molar-refractivity contribution in [3.05, 3.63) is 41.4 Å². The molecule has 6 heteroatoms. The van der Waals surface area contributed by atoms with Gasteiger partial charge in [0.1, 0.15) is 0 Å². The molecule has 1 amide bonds. The molecule has 0 aliphatic carbocycles. The molecule has 0 N–H and O–H groups in total. The van der Waals surface area contributed by atoms with Crippen LogP contribution in [0.15, 0.2) is 35.8 Å². The van der Waals surface area contributed by atoms with E-state index in [4.69, 9.17) is 0 Å². The number of piperazine rings is 1. The number of carbonyl (C=O) groups excluding carboxylic acids is 1. The fourth-order valence-electron chi connectivity index (χ4n) is 3.34. The second kappa shape index (κ2) is 6.29. The number of benzene rings is 1. The minimum Gasteiger partial charge on any atom is -0.346 e. The van der Waals surface area contributed by atoms with E-state index in [9.17, 15) is 4.79 Å². The third kappa shape index (κ3) is 2.96. The molecular weight excluding hydrogens is 308 g/mol. The Labute approximate surface area is 140 Å². The smallest absolute Gasteiger partial charge is 0.241 e. The SMILES string of the molecule is O=C(CN1CCN(c2nccs2)CC1)N1CCc2ccccc21. The average Bonchev–Trinajstić information content (AvgIpc) is 3.25. The molecule has 1 saturated heterocycles. The van der Waals surface area contributed by atoms with Crippen LogP contribution in [0.2, 0.25) is 0 Å². The van der Waals surface area contributed by atoms with Gasteiger partial charge < -0.3 is 9.80 Å². The maximum absolute atomic E-state index is 12.6. The molecule has 4 rings (SSSR count). The van der Waals surface area contributed by atoms with Crippen LogP contribution in [0.1, 0.15) is 5.56 Å². The van der Waals surface area contributed by atoms with Gasteiger partial charge in [0.05, 0.1) is 6.54 Å². The normalized spacial score (nSPS) is 18.3. The van der Waals surface area contributed by atoms with Gasteiger partial charge in [-0.2, -0.15) is 0 Å². The summed E-state index contributed by atoms with van der Waals surface area (Å²) >= 11 is 1.68. The van der Waals surface area contributed by atoms with Gasteiger partial charge in [0.15, 0.2) is 5.13 Å². The highest BCUT2D eigenvalue weighted by Gasteiger charge is 2.27. The Kier molecular flexibility index (Phi) is 4.01. The summed E-state index contributed by atoms with van der Waals surface area (Å²) in [6, 6.07) is 8.23. The van der Waals surface area contributed by atoms with Gasteiger partial charge in [-0.25, -0.2) is 4.98 Å². The lowest BCUT2D eigenvalue weighted by Gasteiger charge is -2.34. The van der Waals surface area contributed by atoms with E-state index in [-0.39, 0.29) is 5.91 Å². The number of rotatable bonds is 3. The predicted octanol–water partition coefficient (Wildman–Crippen LogP) is 1.85. The standard InChI is InChI=1S/C17H20N4OS/c22-16(21-7-5-14-3-1-2-4-15(14)21)13-19-8-10-20(11-9-19)17-18-6-12-23-17/h1-4,6,12H,5,7-11,13H2. The number of hydrogen-bond acceptors (Lipinski definition) is 5. The fraction of sp³-hybridized carbons (Fsp3) is 0.412. The predicted molar refractivity (Wildman–Crippen MR) is 93.3 cm³/mol. The molecule has 1 aromatic heterocycles. The quantitative estimate of drug-likeness (QED) is 0.862. The summed E-state index contributed by atoms with van der Waals surface area (Å²) in [6.07, 6.45) is 2.82. The topological polar surface area (TPSA) is 39.7 Å². The van der Waals surface area contributed by atoms with E-state index in [1.807, 2.05) is 28.6 Å². The van der Waals surface area contributed by atoms with Crippen molar-refractivity contribution in [3.63, 3.8) is 0 Å². The molecule has 23 heavy (non-hydrogen) atoms. The largest absolute Gasteiger partial charge is 0.346 e. The Hall–Kier alpha value is -1.92. The molecule has 0 spiro atoms. The molecular formula is C17H20N4OS. The van der Waals surface area contributed by atoms with Gasteiger partial charge in [0.25, 0.3) is 0 Å². The summed E-state index contributed by atoms with van der Waals surface area (Å²) in [5.41, 5.74) is 2.38. The lowest BCUT2D eigenvalue weighted by Crippen LogP contribution is -2.50. The number of hydrogen-bond donors (Lipinski definition) is 0. The molecule has 1 aromatic carbocycles. The van der Waals surface area contributed by atoms with Crippen LogP contribution in [0.5, 0.6) is 0 Å². The van der Waals surface area contributed by atoms with E-state index < -0.39 is 0 Å². The van der Waals surface area contributed by atoms with Gasteiger partial charge in [0.2, 0.25) is 5.91 Å². The zero-order valence-electron chi connectivity index (χ0n) is 13.0. The number of carbonyl (C=O) groups is 1. The summed E-state index contributed by atoms with van der Waals surface area (Å²) < 4.78 is 0. The molecule has 0 unspecified atom stereocenters. The van der Waals surface area contributed by atoms with E-state index in [1.165, 1.54) is 5.56 Å². The Morgan fingerprint density at radius 1 is 1.13 bits per heavy atom. The summed E-state index contributed by atoms with van der Waals surface area (Å²) in [7, 11) is 0. The van der Waals surface area contributed by atoms with Gasteiger partial charge in [-0.3, -0.25) is 9.69 Å². The number of aromatic nitrogens is 1. The van der Waals surface area contributed by atoms with Crippen LogP contribution >= 0.6 is 11.3 Å². The average molecular weight is 328 g/mol.